The molecule has 1 N–H and O–H groups in total. The number of allylic oxidation sites excluding steroid dienone is 4. The Bertz CT molecular complexity index is 1250. The van der Waals surface area contributed by atoms with Crippen LogP contribution in [-0.4, -0.2) is 34.0 Å². The topological polar surface area (TPSA) is 107 Å². The zero-order chi connectivity index (χ0) is 26.7. The van der Waals surface area contributed by atoms with Crippen LogP contribution in [0.15, 0.2) is 48.1 Å². The lowest BCUT2D eigenvalue weighted by molar-refractivity contribution is -0.387. The van der Waals surface area contributed by atoms with Crippen LogP contribution in [0, 0.1) is 50.4 Å². The van der Waals surface area contributed by atoms with E-state index in [-0.39, 0.29) is 41.0 Å². The fourth-order valence-corrected chi connectivity index (χ4v) is 8.00. The number of rotatable bonds is 4. The summed E-state index contributed by atoms with van der Waals surface area (Å²) in [5.41, 5.74) is 0.0179. The van der Waals surface area contributed by atoms with E-state index < -0.39 is 33.9 Å². The van der Waals surface area contributed by atoms with E-state index >= 15 is 0 Å². The van der Waals surface area contributed by atoms with Crippen LogP contribution in [0.3, 0.4) is 0 Å². The lowest BCUT2D eigenvalue weighted by Crippen LogP contribution is -2.57. The van der Waals surface area contributed by atoms with Crippen molar-refractivity contribution in [3.63, 3.8) is 0 Å². The maximum Gasteiger partial charge on any atom is 0.331 e. The monoisotopic (exact) mass is 509 g/mol. The summed E-state index contributed by atoms with van der Waals surface area (Å²) in [5.74, 6) is -0.893. The highest BCUT2D eigenvalue weighted by Gasteiger charge is 2.64. The van der Waals surface area contributed by atoms with E-state index in [0.717, 1.165) is 37.0 Å². The number of carbonyl (C=O) groups excluding carboxylic acids is 2. The summed E-state index contributed by atoms with van der Waals surface area (Å²) in [6.45, 7) is 6.31. The highest BCUT2D eigenvalue weighted by Crippen LogP contribution is 2.65. The Morgan fingerprint density at radius 2 is 2.08 bits per heavy atom. The zero-order valence-electron chi connectivity index (χ0n) is 21.2. The molecule has 0 radical (unpaired) electrons. The lowest BCUT2D eigenvalue weighted by atomic mass is 9.47. The number of benzene rings is 1. The summed E-state index contributed by atoms with van der Waals surface area (Å²) >= 11 is 0. The minimum atomic E-state index is -0.938. The van der Waals surface area contributed by atoms with E-state index in [1.54, 1.807) is 12.2 Å². The van der Waals surface area contributed by atoms with Gasteiger partial charge >= 0.3 is 11.7 Å². The molecule has 1 aromatic rings. The molecule has 8 heteroatoms. The molecular weight excluding hydrogens is 477 g/mol. The Kier molecular flexibility index (Phi) is 6.21. The molecule has 8 unspecified atom stereocenters. The average molecular weight is 510 g/mol. The van der Waals surface area contributed by atoms with Gasteiger partial charge in [0.2, 0.25) is 5.82 Å². The van der Waals surface area contributed by atoms with Crippen LogP contribution in [0.4, 0.5) is 10.1 Å². The predicted molar refractivity (Wildman–Crippen MR) is 135 cm³/mol. The molecule has 3 saturated carbocycles. The van der Waals surface area contributed by atoms with Gasteiger partial charge in [0.15, 0.2) is 5.78 Å². The van der Waals surface area contributed by atoms with Crippen molar-refractivity contribution in [3.05, 3.63) is 69.6 Å². The van der Waals surface area contributed by atoms with Crippen LogP contribution in [0.1, 0.15) is 52.0 Å². The number of nitro groups is 1. The van der Waals surface area contributed by atoms with Crippen molar-refractivity contribution in [1.82, 2.24) is 0 Å². The van der Waals surface area contributed by atoms with Crippen LogP contribution >= 0.6 is 0 Å². The standard InChI is InChI=1S/C29H32FNO6/c1-16-12-21-20-7-6-18-14-19(32)10-11-28(18,2)26(20)24(33)15-29(21,3)27(16)37-25(34)9-5-17-4-8-22(30)23(13-17)31(35)36/h4-5,8-11,13-14,16,20-21,24,26-27,33H,6-7,12,15H2,1-3H3/b9-5+. The van der Waals surface area contributed by atoms with Gasteiger partial charge in [-0.05, 0) is 73.3 Å². The van der Waals surface area contributed by atoms with Crippen LogP contribution in [0.5, 0.6) is 0 Å². The number of esters is 1. The third-order valence-corrected chi connectivity index (χ3v) is 9.54. The van der Waals surface area contributed by atoms with E-state index in [2.05, 4.69) is 20.8 Å². The summed E-state index contributed by atoms with van der Waals surface area (Å²) in [6.07, 6.45) is 10.0. The van der Waals surface area contributed by atoms with Gasteiger partial charge in [-0.15, -0.1) is 0 Å². The van der Waals surface area contributed by atoms with Gasteiger partial charge in [-0.1, -0.05) is 38.5 Å². The maximum absolute atomic E-state index is 13.6. The molecule has 0 aliphatic heterocycles. The van der Waals surface area contributed by atoms with Gasteiger partial charge in [0.25, 0.3) is 0 Å². The molecule has 0 bridgehead atoms. The first kappa shape index (κ1) is 25.5. The SMILES string of the molecule is CC1CC2C3CCC4=CC(=O)C=CC4(C)C3C(O)CC2(C)C1OC(=O)/C=C/c1ccc(F)c([N+](=O)[O-])c1. The summed E-state index contributed by atoms with van der Waals surface area (Å²) < 4.78 is 19.6. The van der Waals surface area contributed by atoms with Crippen LogP contribution in [0.25, 0.3) is 6.08 Å². The number of carbonyl (C=O) groups is 2. The fraction of sp³-hybridized carbons (Fsp3) is 0.517. The van der Waals surface area contributed by atoms with Crippen molar-refractivity contribution in [3.8, 4) is 0 Å². The van der Waals surface area contributed by atoms with Gasteiger partial charge in [-0.2, -0.15) is 4.39 Å². The van der Waals surface area contributed by atoms with Gasteiger partial charge in [0.05, 0.1) is 11.0 Å². The van der Waals surface area contributed by atoms with Crippen molar-refractivity contribution >= 4 is 23.5 Å². The fourth-order valence-electron chi connectivity index (χ4n) is 8.00. The van der Waals surface area contributed by atoms with Crippen LogP contribution in [-0.2, 0) is 14.3 Å². The van der Waals surface area contributed by atoms with Crippen molar-refractivity contribution in [2.24, 2.45) is 34.5 Å². The Labute approximate surface area is 215 Å². The quantitative estimate of drug-likeness (QED) is 0.259. The molecular formula is C29H32FNO6. The number of hydrogen-bond donors (Lipinski definition) is 1. The molecule has 37 heavy (non-hydrogen) atoms. The Hall–Kier alpha value is -3.13. The summed E-state index contributed by atoms with van der Waals surface area (Å²) in [4.78, 5) is 35.0. The van der Waals surface area contributed by atoms with Gasteiger partial charge in [-0.3, -0.25) is 14.9 Å². The minimum absolute atomic E-state index is 0.00531. The second-order valence-corrected chi connectivity index (χ2v) is 11.7. The highest BCUT2D eigenvalue weighted by atomic mass is 19.1. The largest absolute Gasteiger partial charge is 0.458 e. The number of aliphatic hydroxyl groups is 1. The molecule has 0 saturated heterocycles. The molecule has 7 nitrogen and oxygen atoms in total. The molecule has 8 atom stereocenters. The molecule has 5 rings (SSSR count). The number of aliphatic hydroxyl groups excluding tert-OH is 1. The van der Waals surface area contributed by atoms with E-state index in [1.807, 2.05) is 6.08 Å². The van der Waals surface area contributed by atoms with Gasteiger partial charge < -0.3 is 9.84 Å². The first-order valence-electron chi connectivity index (χ1n) is 12.9. The number of ether oxygens (including phenoxy) is 1. The first-order valence-corrected chi connectivity index (χ1v) is 12.9. The van der Waals surface area contributed by atoms with Crippen LogP contribution < -0.4 is 0 Å². The summed E-state index contributed by atoms with van der Waals surface area (Å²) in [7, 11) is 0. The molecule has 0 heterocycles. The third kappa shape index (κ3) is 4.15. The number of fused-ring (bicyclic) bond motifs is 5. The van der Waals surface area contributed by atoms with E-state index in [9.17, 15) is 29.2 Å². The number of halogens is 1. The molecule has 4 aliphatic rings. The lowest BCUT2D eigenvalue weighted by Gasteiger charge is -2.58. The minimum Gasteiger partial charge on any atom is -0.458 e. The highest BCUT2D eigenvalue weighted by molar-refractivity contribution is 6.01. The number of nitro benzene ring substituents is 1. The van der Waals surface area contributed by atoms with Crippen LogP contribution in [0.2, 0.25) is 0 Å². The molecule has 1 aromatic carbocycles. The second kappa shape index (κ2) is 9.01. The second-order valence-electron chi connectivity index (χ2n) is 11.7. The molecule has 0 aromatic heterocycles. The number of hydrogen-bond acceptors (Lipinski definition) is 6. The maximum atomic E-state index is 13.6. The normalized spacial score (nSPS) is 38.5. The Morgan fingerprint density at radius 1 is 1.32 bits per heavy atom. The van der Waals surface area contributed by atoms with E-state index in [1.165, 1.54) is 18.2 Å². The van der Waals surface area contributed by atoms with Crippen molar-refractivity contribution < 1.29 is 28.7 Å². The number of ketones is 1. The molecule has 0 spiro atoms. The van der Waals surface area contributed by atoms with Gasteiger partial charge in [0, 0.05) is 28.9 Å². The molecule has 4 aliphatic carbocycles. The molecule has 196 valence electrons. The Balaban J connectivity index is 1.35. The van der Waals surface area contributed by atoms with Gasteiger partial charge in [0.1, 0.15) is 6.10 Å². The molecule has 3 fully saturated rings. The van der Waals surface area contributed by atoms with E-state index in [0.29, 0.717) is 12.0 Å². The average Bonchev–Trinajstić information content (AvgIpc) is 3.08. The third-order valence-electron chi connectivity index (χ3n) is 9.54. The predicted octanol–water partition coefficient (Wildman–Crippen LogP) is 5.18. The Morgan fingerprint density at radius 3 is 2.81 bits per heavy atom. The summed E-state index contributed by atoms with van der Waals surface area (Å²) in [6, 6.07) is 3.43. The van der Waals surface area contributed by atoms with Crippen molar-refractivity contribution in [2.45, 2.75) is 58.7 Å². The first-order chi connectivity index (χ1) is 17.4. The molecule has 0 amide bonds. The van der Waals surface area contributed by atoms with Crippen molar-refractivity contribution in [2.75, 3.05) is 0 Å². The van der Waals surface area contributed by atoms with Crippen molar-refractivity contribution in [1.29, 1.82) is 0 Å². The van der Waals surface area contributed by atoms with Gasteiger partial charge in [-0.25, -0.2) is 4.79 Å². The van der Waals surface area contributed by atoms with E-state index in [4.69, 9.17) is 4.74 Å². The number of nitrogens with zero attached hydrogens (tertiary/aromatic N) is 1. The smallest absolute Gasteiger partial charge is 0.331 e. The zero-order valence-corrected chi connectivity index (χ0v) is 21.2. The summed E-state index contributed by atoms with van der Waals surface area (Å²) in [5, 5.41) is 22.5.